The van der Waals surface area contributed by atoms with Crippen molar-refractivity contribution in [3.05, 3.63) is 185 Å². The van der Waals surface area contributed by atoms with Gasteiger partial charge in [-0.3, -0.25) is 0 Å². The Morgan fingerprint density at radius 1 is 0.527 bits per heavy atom. The van der Waals surface area contributed by atoms with E-state index in [2.05, 4.69) is 190 Å². The molecule has 260 valence electrons. The van der Waals surface area contributed by atoms with Crippen LogP contribution >= 0.6 is 0 Å². The summed E-state index contributed by atoms with van der Waals surface area (Å²) in [5, 5.41) is 6.68. The van der Waals surface area contributed by atoms with Crippen LogP contribution < -0.4 is 21.1 Å². The molecular formula is C52H39BN2. The lowest BCUT2D eigenvalue weighted by molar-refractivity contribution is 0.633. The first-order valence-corrected chi connectivity index (χ1v) is 19.7. The van der Waals surface area contributed by atoms with Gasteiger partial charge in [0.05, 0.1) is 11.4 Å². The molecule has 0 radical (unpaired) electrons. The molecular weight excluding hydrogens is 663 g/mol. The van der Waals surface area contributed by atoms with Gasteiger partial charge >= 0.3 is 0 Å². The third-order valence-electron chi connectivity index (χ3n) is 13.4. The van der Waals surface area contributed by atoms with Gasteiger partial charge in [0.2, 0.25) is 0 Å². The van der Waals surface area contributed by atoms with Crippen molar-refractivity contribution in [3.8, 4) is 33.4 Å². The molecule has 1 N–H and O–H groups in total. The van der Waals surface area contributed by atoms with Crippen molar-refractivity contribution in [2.24, 2.45) is 0 Å². The highest BCUT2D eigenvalue weighted by Crippen LogP contribution is 2.62. The van der Waals surface area contributed by atoms with Gasteiger partial charge in [-0.25, -0.2) is 0 Å². The number of hydrogen-bond acceptors (Lipinski definition) is 2. The van der Waals surface area contributed by atoms with E-state index in [1.54, 1.807) is 0 Å². The Hall–Kier alpha value is -6.32. The average Bonchev–Trinajstić information content (AvgIpc) is 3.48. The van der Waals surface area contributed by atoms with Crippen LogP contribution in [0.4, 0.5) is 28.4 Å². The van der Waals surface area contributed by atoms with Gasteiger partial charge in [0.25, 0.3) is 0 Å². The Kier molecular flexibility index (Phi) is 6.03. The number of hydrogen-bond donors (Lipinski definition) is 1. The van der Waals surface area contributed by atoms with Gasteiger partial charge in [-0.2, -0.15) is 0 Å². The summed E-state index contributed by atoms with van der Waals surface area (Å²) < 4.78 is 0. The molecule has 8 aromatic rings. The molecule has 0 saturated heterocycles. The van der Waals surface area contributed by atoms with Gasteiger partial charge in [0.1, 0.15) is 0 Å². The highest BCUT2D eigenvalue weighted by atomic mass is 15.2. The van der Waals surface area contributed by atoms with Crippen LogP contribution in [0, 0.1) is 6.92 Å². The first-order chi connectivity index (χ1) is 26.8. The lowest BCUT2D eigenvalue weighted by Gasteiger charge is -2.46. The molecule has 0 spiro atoms. The second kappa shape index (κ2) is 10.7. The van der Waals surface area contributed by atoms with Crippen molar-refractivity contribution >= 4 is 57.4 Å². The fraction of sp³-hybridized carbons (Fsp3) is 0.115. The smallest absolute Gasteiger partial charge is 0.198 e. The molecule has 0 saturated carbocycles. The number of nitrogens with one attached hydrogen (secondary N) is 1. The van der Waals surface area contributed by atoms with Crippen LogP contribution in [0.25, 0.3) is 44.2 Å². The number of anilines is 5. The van der Waals surface area contributed by atoms with Gasteiger partial charge in [0.15, 0.2) is 7.28 Å². The summed E-state index contributed by atoms with van der Waals surface area (Å²) in [5.41, 5.74) is 24.5. The predicted octanol–water partition coefficient (Wildman–Crippen LogP) is 11.7. The zero-order valence-corrected chi connectivity index (χ0v) is 31.6. The van der Waals surface area contributed by atoms with E-state index >= 15 is 0 Å². The quantitative estimate of drug-likeness (QED) is 0.180. The number of benzene rings is 8. The molecule has 0 fully saturated rings. The lowest BCUT2D eigenvalue weighted by atomic mass is 9.55. The standard InChI is InChI=1S/C52H39BN2/c1-30-26-38(48-45(27-30)55-44-29-33-17-9-8-16-32(33)28-41(44)51(2,3)40-21-13-22-42(53-48)50(40)55)37-25-24-34(31-14-6-5-7-15-31)47-49(37)54-43-23-12-19-36-35-18-10-11-20-39(35)52(47,4)46(36)43/h5-29,53-54H,1-4H3. The van der Waals surface area contributed by atoms with E-state index in [1.807, 2.05) is 0 Å². The minimum Gasteiger partial charge on any atom is -0.354 e. The number of para-hydroxylation sites is 1. The monoisotopic (exact) mass is 702 g/mol. The van der Waals surface area contributed by atoms with E-state index in [9.17, 15) is 0 Å². The van der Waals surface area contributed by atoms with Gasteiger partial charge in [0, 0.05) is 33.5 Å². The van der Waals surface area contributed by atoms with Gasteiger partial charge in [-0.05, 0) is 116 Å². The van der Waals surface area contributed by atoms with Gasteiger partial charge in [-0.15, -0.1) is 0 Å². The maximum absolute atomic E-state index is 4.11. The Morgan fingerprint density at radius 2 is 1.24 bits per heavy atom. The highest BCUT2D eigenvalue weighted by molar-refractivity contribution is 6.73. The second-order valence-corrected chi connectivity index (χ2v) is 16.8. The van der Waals surface area contributed by atoms with Crippen LogP contribution in [0.1, 0.15) is 54.2 Å². The molecule has 55 heavy (non-hydrogen) atoms. The SMILES string of the molecule is Cc1cc(-c2ccc(-c3ccccc3)c3c2Nc2cccc4c2C3(C)c2ccccc2-4)c2c(c1)N1c3cc4ccccc4cc3C(C)(C)c3cccc(c31)B2. The van der Waals surface area contributed by atoms with Crippen molar-refractivity contribution in [1.82, 2.24) is 0 Å². The molecule has 1 atom stereocenters. The molecule has 8 aromatic carbocycles. The van der Waals surface area contributed by atoms with E-state index in [0.717, 1.165) is 7.28 Å². The van der Waals surface area contributed by atoms with Crippen molar-refractivity contribution in [1.29, 1.82) is 0 Å². The normalized spacial score (nSPS) is 17.2. The summed E-state index contributed by atoms with van der Waals surface area (Å²) in [6.45, 7) is 9.55. The second-order valence-electron chi connectivity index (χ2n) is 16.8. The zero-order valence-electron chi connectivity index (χ0n) is 31.6. The zero-order chi connectivity index (χ0) is 36.8. The number of rotatable bonds is 2. The number of fused-ring (bicyclic) bond motifs is 10. The third-order valence-corrected chi connectivity index (χ3v) is 13.4. The van der Waals surface area contributed by atoms with Crippen LogP contribution in [-0.4, -0.2) is 7.28 Å². The Bertz CT molecular complexity index is 2990. The average molecular weight is 703 g/mol. The molecule has 0 bridgehead atoms. The Labute approximate surface area is 323 Å². The first kappa shape index (κ1) is 31.1. The lowest BCUT2D eigenvalue weighted by Crippen LogP contribution is -2.45. The summed E-state index contributed by atoms with van der Waals surface area (Å²) in [6.07, 6.45) is 0. The fourth-order valence-electron chi connectivity index (χ4n) is 11.0. The maximum Gasteiger partial charge on any atom is 0.198 e. The van der Waals surface area contributed by atoms with Crippen LogP contribution in [0.3, 0.4) is 0 Å². The topological polar surface area (TPSA) is 15.3 Å². The van der Waals surface area contributed by atoms with Crippen molar-refractivity contribution in [3.63, 3.8) is 0 Å². The molecule has 4 aliphatic rings. The third kappa shape index (κ3) is 3.95. The van der Waals surface area contributed by atoms with E-state index in [0.29, 0.717) is 0 Å². The summed E-state index contributed by atoms with van der Waals surface area (Å²) in [4.78, 5) is 2.61. The summed E-state index contributed by atoms with van der Waals surface area (Å²) in [5.74, 6) is 0. The summed E-state index contributed by atoms with van der Waals surface area (Å²) >= 11 is 0. The summed E-state index contributed by atoms with van der Waals surface area (Å²) in [7, 11) is 0.875. The number of nitrogens with zero attached hydrogens (tertiary/aromatic N) is 1. The molecule has 1 unspecified atom stereocenters. The molecule has 3 aliphatic heterocycles. The molecule has 2 nitrogen and oxygen atoms in total. The van der Waals surface area contributed by atoms with Crippen LogP contribution in [-0.2, 0) is 10.8 Å². The molecule has 12 rings (SSSR count). The molecule has 0 amide bonds. The predicted molar refractivity (Wildman–Crippen MR) is 234 cm³/mol. The van der Waals surface area contributed by atoms with Crippen molar-refractivity contribution in [2.75, 3.05) is 10.2 Å². The van der Waals surface area contributed by atoms with Gasteiger partial charge in [-0.1, -0.05) is 147 Å². The van der Waals surface area contributed by atoms with E-state index in [-0.39, 0.29) is 10.8 Å². The van der Waals surface area contributed by atoms with Crippen molar-refractivity contribution < 1.29 is 0 Å². The molecule has 0 aromatic heterocycles. The van der Waals surface area contributed by atoms with E-state index in [4.69, 9.17) is 0 Å². The largest absolute Gasteiger partial charge is 0.354 e. The van der Waals surface area contributed by atoms with E-state index in [1.165, 1.54) is 117 Å². The fourth-order valence-corrected chi connectivity index (χ4v) is 11.0. The Balaban J connectivity index is 1.16. The minimum absolute atomic E-state index is 0.138. The molecule has 3 heteroatoms. The Morgan fingerprint density at radius 3 is 2.09 bits per heavy atom. The molecule has 1 aliphatic carbocycles. The molecule has 3 heterocycles. The van der Waals surface area contributed by atoms with Crippen molar-refractivity contribution in [2.45, 2.75) is 38.5 Å². The highest BCUT2D eigenvalue weighted by Gasteiger charge is 2.48. The van der Waals surface area contributed by atoms with Gasteiger partial charge < -0.3 is 10.2 Å². The minimum atomic E-state index is -0.339. The summed E-state index contributed by atoms with van der Waals surface area (Å²) in [6, 6.07) is 57.3. The van der Waals surface area contributed by atoms with E-state index < -0.39 is 0 Å². The van der Waals surface area contributed by atoms with Crippen LogP contribution in [0.5, 0.6) is 0 Å². The number of aryl methyl sites for hydroxylation is 1. The van der Waals surface area contributed by atoms with Crippen LogP contribution in [0.2, 0.25) is 0 Å². The first-order valence-electron chi connectivity index (χ1n) is 19.7. The van der Waals surface area contributed by atoms with Crippen LogP contribution in [0.15, 0.2) is 152 Å². The maximum atomic E-state index is 4.11.